The van der Waals surface area contributed by atoms with E-state index in [0.29, 0.717) is 0 Å². The number of rotatable bonds is 4. The van der Waals surface area contributed by atoms with E-state index in [0.717, 1.165) is 24.3 Å². The van der Waals surface area contributed by atoms with Crippen LogP contribution < -0.4 is 4.74 Å². The van der Waals surface area contributed by atoms with Crippen LogP contribution in [0.15, 0.2) is 29.8 Å². The highest BCUT2D eigenvalue weighted by atomic mass is 16.6. The lowest BCUT2D eigenvalue weighted by molar-refractivity contribution is -0.393. The molecule has 0 spiro atoms. The SMILES string of the molecule is COc1cc([N+](=O)[O-])cc2c1-c1c(cc([N+](=O)[O-])cc1[N+](=O)[O-])C2=C(C#N)C#N. The first-order valence-corrected chi connectivity index (χ1v) is 7.64. The Bertz CT molecular complexity index is 1230. The van der Waals surface area contributed by atoms with Crippen molar-refractivity contribution in [2.45, 2.75) is 0 Å². The maximum atomic E-state index is 11.6. The van der Waals surface area contributed by atoms with E-state index in [9.17, 15) is 40.9 Å². The minimum Gasteiger partial charge on any atom is -0.496 e. The maximum absolute atomic E-state index is 11.6. The minimum absolute atomic E-state index is 0.0345. The predicted molar refractivity (Wildman–Crippen MR) is 95.6 cm³/mol. The van der Waals surface area contributed by atoms with Crippen molar-refractivity contribution in [2.24, 2.45) is 0 Å². The van der Waals surface area contributed by atoms with E-state index in [1.807, 2.05) is 0 Å². The average Bonchev–Trinajstić information content (AvgIpc) is 3.01. The zero-order valence-electron chi connectivity index (χ0n) is 14.4. The minimum atomic E-state index is -0.855. The number of methoxy groups -OCH3 is 1. The fourth-order valence-electron chi connectivity index (χ4n) is 3.19. The van der Waals surface area contributed by atoms with Gasteiger partial charge in [0, 0.05) is 34.4 Å². The summed E-state index contributed by atoms with van der Waals surface area (Å²) in [5.74, 6) is -0.113. The normalized spacial score (nSPS) is 10.9. The molecule has 1 aliphatic rings. The third kappa shape index (κ3) is 2.77. The molecule has 12 heteroatoms. The largest absolute Gasteiger partial charge is 0.496 e. The number of nitro groups is 3. The second kappa shape index (κ2) is 6.71. The summed E-state index contributed by atoms with van der Waals surface area (Å²) >= 11 is 0. The van der Waals surface area contributed by atoms with Crippen molar-refractivity contribution in [3.8, 4) is 29.0 Å². The lowest BCUT2D eigenvalue weighted by atomic mass is 9.98. The van der Waals surface area contributed by atoms with Crippen LogP contribution in [-0.2, 0) is 0 Å². The summed E-state index contributed by atoms with van der Waals surface area (Å²) in [7, 11) is 1.19. The molecule has 0 N–H and O–H groups in total. The zero-order valence-corrected chi connectivity index (χ0v) is 14.4. The highest BCUT2D eigenvalue weighted by Crippen LogP contribution is 2.55. The molecule has 0 amide bonds. The standard InChI is InChI=1S/C17H7N5O7/c1-29-14-5-10(21(25)26)3-12-15(8(6-18)7-19)11-2-9(20(23)24)4-13(22(27)28)16(11)17(12)14/h2-5H,1H3. The van der Waals surface area contributed by atoms with Crippen LogP contribution in [0.4, 0.5) is 17.1 Å². The van der Waals surface area contributed by atoms with Crippen molar-refractivity contribution >= 4 is 22.6 Å². The van der Waals surface area contributed by atoms with E-state index in [-0.39, 0.29) is 33.6 Å². The smallest absolute Gasteiger partial charge is 0.284 e. The Balaban J connectivity index is 2.62. The topological polar surface area (TPSA) is 186 Å². The van der Waals surface area contributed by atoms with Gasteiger partial charge in [0.25, 0.3) is 17.1 Å². The number of benzene rings is 2. The summed E-state index contributed by atoms with van der Waals surface area (Å²) in [6.45, 7) is 0. The fourth-order valence-corrected chi connectivity index (χ4v) is 3.19. The Kier molecular flexibility index (Phi) is 4.38. The number of allylic oxidation sites excluding steroid dienone is 1. The highest BCUT2D eigenvalue weighted by Gasteiger charge is 2.39. The molecule has 0 atom stereocenters. The number of hydrogen-bond donors (Lipinski definition) is 0. The van der Waals surface area contributed by atoms with Crippen LogP contribution >= 0.6 is 0 Å². The molecule has 142 valence electrons. The van der Waals surface area contributed by atoms with Crippen molar-refractivity contribution in [2.75, 3.05) is 7.11 Å². The van der Waals surface area contributed by atoms with Crippen molar-refractivity contribution in [1.82, 2.24) is 0 Å². The molecule has 0 radical (unpaired) electrons. The molecular weight excluding hydrogens is 386 g/mol. The lowest BCUT2D eigenvalue weighted by Crippen LogP contribution is -1.98. The summed E-state index contributed by atoms with van der Waals surface area (Å²) in [5, 5.41) is 52.8. The molecule has 3 rings (SSSR count). The Morgan fingerprint density at radius 2 is 1.38 bits per heavy atom. The van der Waals surface area contributed by atoms with Crippen LogP contribution in [0.25, 0.3) is 16.7 Å². The van der Waals surface area contributed by atoms with Gasteiger partial charge in [-0.3, -0.25) is 30.3 Å². The van der Waals surface area contributed by atoms with E-state index in [1.165, 1.54) is 7.11 Å². The number of nitro benzene ring substituents is 3. The second-order valence-electron chi connectivity index (χ2n) is 5.70. The zero-order chi connectivity index (χ0) is 21.5. The third-order valence-corrected chi connectivity index (χ3v) is 4.29. The van der Waals surface area contributed by atoms with Gasteiger partial charge in [0.2, 0.25) is 0 Å². The third-order valence-electron chi connectivity index (χ3n) is 4.29. The van der Waals surface area contributed by atoms with Gasteiger partial charge < -0.3 is 4.74 Å². The Morgan fingerprint density at radius 1 is 0.862 bits per heavy atom. The monoisotopic (exact) mass is 393 g/mol. The van der Waals surface area contributed by atoms with Crippen LogP contribution in [0.5, 0.6) is 5.75 Å². The van der Waals surface area contributed by atoms with Gasteiger partial charge in [-0.05, 0) is 0 Å². The Labute approximate surface area is 160 Å². The molecule has 0 saturated carbocycles. The van der Waals surface area contributed by atoms with Gasteiger partial charge in [-0.25, -0.2) is 0 Å². The van der Waals surface area contributed by atoms with Gasteiger partial charge in [-0.1, -0.05) is 0 Å². The van der Waals surface area contributed by atoms with Crippen LogP contribution in [0.3, 0.4) is 0 Å². The summed E-state index contributed by atoms with van der Waals surface area (Å²) in [6.07, 6.45) is 0. The van der Waals surface area contributed by atoms with Crippen LogP contribution in [-0.4, -0.2) is 21.9 Å². The van der Waals surface area contributed by atoms with Crippen molar-refractivity contribution in [1.29, 1.82) is 10.5 Å². The first-order valence-electron chi connectivity index (χ1n) is 7.64. The first kappa shape index (κ1) is 18.9. The first-order chi connectivity index (χ1) is 13.7. The molecule has 0 saturated heterocycles. The molecular formula is C17H7N5O7. The summed E-state index contributed by atoms with van der Waals surface area (Å²) in [5.41, 5.74) is -2.68. The summed E-state index contributed by atoms with van der Waals surface area (Å²) < 4.78 is 5.16. The molecule has 0 aliphatic heterocycles. The molecule has 0 unspecified atom stereocenters. The highest BCUT2D eigenvalue weighted by molar-refractivity contribution is 6.09. The second-order valence-corrected chi connectivity index (χ2v) is 5.70. The molecule has 0 fully saturated rings. The van der Waals surface area contributed by atoms with Gasteiger partial charge in [0.05, 0.1) is 39.6 Å². The molecule has 2 aromatic carbocycles. The van der Waals surface area contributed by atoms with Gasteiger partial charge in [0.1, 0.15) is 23.5 Å². The van der Waals surface area contributed by atoms with Gasteiger partial charge in [-0.15, -0.1) is 0 Å². The van der Waals surface area contributed by atoms with Crippen LogP contribution in [0.2, 0.25) is 0 Å². The Hall–Kier alpha value is -4.84. The quantitative estimate of drug-likeness (QED) is 0.364. The Morgan fingerprint density at radius 3 is 1.83 bits per heavy atom. The maximum Gasteiger partial charge on any atom is 0.284 e. The van der Waals surface area contributed by atoms with Gasteiger partial charge >= 0.3 is 0 Å². The molecule has 0 aromatic heterocycles. The molecule has 1 aliphatic carbocycles. The van der Waals surface area contributed by atoms with Crippen molar-refractivity contribution in [3.63, 3.8) is 0 Å². The number of non-ortho nitro benzene ring substituents is 2. The van der Waals surface area contributed by atoms with E-state index in [1.54, 1.807) is 12.1 Å². The van der Waals surface area contributed by atoms with E-state index >= 15 is 0 Å². The van der Waals surface area contributed by atoms with Crippen LogP contribution in [0, 0.1) is 53.0 Å². The number of fused-ring (bicyclic) bond motifs is 3. The molecule has 0 heterocycles. The predicted octanol–water partition coefficient (Wildman–Crippen LogP) is 3.25. The van der Waals surface area contributed by atoms with Gasteiger partial charge in [0.15, 0.2) is 0 Å². The molecule has 12 nitrogen and oxygen atoms in total. The van der Waals surface area contributed by atoms with E-state index in [4.69, 9.17) is 4.74 Å². The number of nitrogens with zero attached hydrogens (tertiary/aromatic N) is 5. The fraction of sp³-hybridized carbons (Fsp3) is 0.0588. The van der Waals surface area contributed by atoms with E-state index in [2.05, 4.69) is 0 Å². The van der Waals surface area contributed by atoms with Gasteiger partial charge in [-0.2, -0.15) is 10.5 Å². The van der Waals surface area contributed by atoms with Crippen molar-refractivity contribution in [3.05, 3.63) is 71.3 Å². The van der Waals surface area contributed by atoms with E-state index < -0.39 is 37.4 Å². The van der Waals surface area contributed by atoms with Crippen molar-refractivity contribution < 1.29 is 19.5 Å². The molecule has 2 aromatic rings. The molecule has 29 heavy (non-hydrogen) atoms. The lowest BCUT2D eigenvalue weighted by Gasteiger charge is -2.08. The molecule has 0 bridgehead atoms. The average molecular weight is 393 g/mol. The summed E-state index contributed by atoms with van der Waals surface area (Å²) in [4.78, 5) is 31.7. The number of ether oxygens (including phenoxy) is 1. The van der Waals surface area contributed by atoms with Crippen LogP contribution in [0.1, 0.15) is 11.1 Å². The number of hydrogen-bond acceptors (Lipinski definition) is 9. The summed E-state index contributed by atoms with van der Waals surface area (Å²) in [6, 6.07) is 7.05. The number of nitriles is 2.